The maximum absolute atomic E-state index is 11.1. The summed E-state index contributed by atoms with van der Waals surface area (Å²) >= 11 is 0. The van der Waals surface area contributed by atoms with Crippen LogP contribution >= 0.6 is 0 Å². The smallest absolute Gasteiger partial charge is 0.267 e. The molecule has 96 valence electrons. The lowest BCUT2D eigenvalue weighted by atomic mass is 9.99. The van der Waals surface area contributed by atoms with E-state index >= 15 is 0 Å². The number of aromatic nitrogens is 1. The molecule has 0 saturated carbocycles. The molecule has 2 bridgehead atoms. The van der Waals surface area contributed by atoms with E-state index in [0.29, 0.717) is 23.8 Å². The number of nitrogens with one attached hydrogen (secondary N) is 2. The second kappa shape index (κ2) is 4.57. The molecule has 18 heavy (non-hydrogen) atoms. The number of fused-ring (bicyclic) bond motifs is 2. The first-order chi connectivity index (χ1) is 8.70. The highest BCUT2D eigenvalue weighted by Crippen LogP contribution is 2.28. The molecule has 1 aromatic rings. The summed E-state index contributed by atoms with van der Waals surface area (Å²) in [5, 5.41) is 7.10. The van der Waals surface area contributed by atoms with Crippen molar-refractivity contribution in [3.63, 3.8) is 0 Å². The third-order valence-electron chi connectivity index (χ3n) is 3.86. The molecule has 5 nitrogen and oxygen atoms in total. The zero-order chi connectivity index (χ0) is 12.5. The highest BCUT2D eigenvalue weighted by molar-refractivity contribution is 5.91. The number of carbonyl (C=O) groups is 1. The van der Waals surface area contributed by atoms with Crippen LogP contribution in [0.1, 0.15) is 36.2 Å². The van der Waals surface area contributed by atoms with Gasteiger partial charge in [0.05, 0.1) is 0 Å². The van der Waals surface area contributed by atoms with Crippen LogP contribution in [0.3, 0.4) is 0 Å². The quantitative estimate of drug-likeness (QED) is 0.739. The second-order valence-corrected chi connectivity index (χ2v) is 5.24. The van der Waals surface area contributed by atoms with Gasteiger partial charge in [-0.3, -0.25) is 9.78 Å². The molecule has 2 aliphatic rings. The van der Waals surface area contributed by atoms with Crippen molar-refractivity contribution in [2.24, 2.45) is 5.73 Å². The first kappa shape index (κ1) is 11.5. The van der Waals surface area contributed by atoms with E-state index in [-0.39, 0.29) is 0 Å². The zero-order valence-corrected chi connectivity index (χ0v) is 10.2. The molecule has 1 amide bonds. The lowest BCUT2D eigenvalue weighted by molar-refractivity contribution is 0.0995. The summed E-state index contributed by atoms with van der Waals surface area (Å²) in [4.78, 5) is 15.0. The van der Waals surface area contributed by atoms with Crippen LogP contribution in [0.25, 0.3) is 0 Å². The predicted molar refractivity (Wildman–Crippen MR) is 69.3 cm³/mol. The molecular weight excluding hydrogens is 228 g/mol. The maximum Gasteiger partial charge on any atom is 0.267 e. The molecule has 3 rings (SSSR count). The molecule has 2 saturated heterocycles. The summed E-state index contributed by atoms with van der Waals surface area (Å²) in [6.07, 6.45) is 6.48. The van der Waals surface area contributed by atoms with Gasteiger partial charge in [-0.25, -0.2) is 0 Å². The Labute approximate surface area is 106 Å². The molecule has 3 heterocycles. The van der Waals surface area contributed by atoms with E-state index in [0.717, 1.165) is 18.5 Å². The number of hydrogen-bond donors (Lipinski definition) is 3. The molecule has 5 heteroatoms. The largest absolute Gasteiger partial charge is 0.382 e. The molecule has 0 radical (unpaired) electrons. The number of amides is 1. The number of piperidine rings is 1. The molecule has 2 aliphatic heterocycles. The number of pyridine rings is 1. The van der Waals surface area contributed by atoms with Gasteiger partial charge in [0.15, 0.2) is 0 Å². The normalized spacial score (nSPS) is 30.1. The number of rotatable bonds is 3. The standard InChI is InChI=1S/C13H18N4O/c14-13(18)12-7-10(3-4-15-12)17-11-5-8-1-2-9(6-11)16-8/h3-4,7-9,11,16H,1-2,5-6H2,(H2,14,18)(H,15,17). The summed E-state index contributed by atoms with van der Waals surface area (Å²) in [5.41, 5.74) is 6.48. The number of nitrogens with zero attached hydrogens (tertiary/aromatic N) is 1. The lowest BCUT2D eigenvalue weighted by Gasteiger charge is -2.30. The van der Waals surface area contributed by atoms with E-state index in [4.69, 9.17) is 5.73 Å². The summed E-state index contributed by atoms with van der Waals surface area (Å²) < 4.78 is 0. The molecular formula is C13H18N4O. The van der Waals surface area contributed by atoms with Gasteiger partial charge in [-0.05, 0) is 37.8 Å². The lowest BCUT2D eigenvalue weighted by Crippen LogP contribution is -2.43. The minimum atomic E-state index is -0.482. The summed E-state index contributed by atoms with van der Waals surface area (Å²) in [6, 6.07) is 5.40. The minimum Gasteiger partial charge on any atom is -0.382 e. The van der Waals surface area contributed by atoms with Crippen molar-refractivity contribution in [2.75, 3.05) is 5.32 Å². The van der Waals surface area contributed by atoms with Gasteiger partial charge in [-0.1, -0.05) is 0 Å². The molecule has 2 fully saturated rings. The number of primary amides is 1. The number of hydrogen-bond acceptors (Lipinski definition) is 4. The van der Waals surface area contributed by atoms with Gasteiger partial charge >= 0.3 is 0 Å². The Kier molecular flexibility index (Phi) is 2.91. The highest BCUT2D eigenvalue weighted by Gasteiger charge is 2.33. The Bertz CT molecular complexity index is 450. The van der Waals surface area contributed by atoms with Crippen molar-refractivity contribution in [1.29, 1.82) is 0 Å². The monoisotopic (exact) mass is 246 g/mol. The average molecular weight is 246 g/mol. The van der Waals surface area contributed by atoms with E-state index in [1.807, 2.05) is 6.07 Å². The SMILES string of the molecule is NC(=O)c1cc(NC2CC3CCC(C2)N3)ccn1. The van der Waals surface area contributed by atoms with Crippen LogP contribution in [0.2, 0.25) is 0 Å². The minimum absolute atomic E-state index is 0.317. The number of anilines is 1. The van der Waals surface area contributed by atoms with Crippen molar-refractivity contribution in [1.82, 2.24) is 10.3 Å². The van der Waals surface area contributed by atoms with Gasteiger partial charge in [-0.2, -0.15) is 0 Å². The van der Waals surface area contributed by atoms with Crippen molar-refractivity contribution in [2.45, 2.75) is 43.8 Å². The molecule has 4 N–H and O–H groups in total. The maximum atomic E-state index is 11.1. The van der Waals surface area contributed by atoms with Crippen molar-refractivity contribution in [3.8, 4) is 0 Å². The van der Waals surface area contributed by atoms with Gasteiger partial charge in [-0.15, -0.1) is 0 Å². The van der Waals surface area contributed by atoms with Crippen LogP contribution < -0.4 is 16.4 Å². The Hall–Kier alpha value is -1.62. The predicted octanol–water partition coefficient (Wildman–Crippen LogP) is 0.875. The fraction of sp³-hybridized carbons (Fsp3) is 0.538. The molecule has 0 spiro atoms. The van der Waals surface area contributed by atoms with Crippen LogP contribution in [0.5, 0.6) is 0 Å². The van der Waals surface area contributed by atoms with Crippen molar-refractivity contribution < 1.29 is 4.79 Å². The summed E-state index contributed by atoms with van der Waals surface area (Å²) in [7, 11) is 0. The Morgan fingerprint density at radius 2 is 2.11 bits per heavy atom. The third kappa shape index (κ3) is 2.31. The fourth-order valence-electron chi connectivity index (χ4n) is 3.07. The third-order valence-corrected chi connectivity index (χ3v) is 3.86. The molecule has 2 atom stereocenters. The van der Waals surface area contributed by atoms with Crippen LogP contribution in [-0.4, -0.2) is 29.0 Å². The molecule has 2 unspecified atom stereocenters. The topological polar surface area (TPSA) is 80.0 Å². The summed E-state index contributed by atoms with van der Waals surface area (Å²) in [6.45, 7) is 0. The van der Waals surface area contributed by atoms with Crippen molar-refractivity contribution in [3.05, 3.63) is 24.0 Å². The van der Waals surface area contributed by atoms with E-state index in [9.17, 15) is 4.79 Å². The Morgan fingerprint density at radius 1 is 1.39 bits per heavy atom. The number of carbonyl (C=O) groups excluding carboxylic acids is 1. The van der Waals surface area contributed by atoms with E-state index < -0.39 is 5.91 Å². The fourth-order valence-corrected chi connectivity index (χ4v) is 3.07. The van der Waals surface area contributed by atoms with Crippen LogP contribution in [-0.2, 0) is 0 Å². The van der Waals surface area contributed by atoms with Crippen LogP contribution in [0.4, 0.5) is 5.69 Å². The zero-order valence-electron chi connectivity index (χ0n) is 10.2. The summed E-state index contributed by atoms with van der Waals surface area (Å²) in [5.74, 6) is -0.482. The molecule has 1 aromatic heterocycles. The first-order valence-electron chi connectivity index (χ1n) is 6.49. The number of nitrogens with two attached hydrogens (primary N) is 1. The van der Waals surface area contributed by atoms with Gasteiger partial charge in [0.1, 0.15) is 5.69 Å². The Balaban J connectivity index is 1.69. The van der Waals surface area contributed by atoms with Gasteiger partial charge in [0, 0.05) is 30.0 Å². The van der Waals surface area contributed by atoms with E-state index in [2.05, 4.69) is 15.6 Å². The van der Waals surface area contributed by atoms with Gasteiger partial charge in [0.25, 0.3) is 5.91 Å². The van der Waals surface area contributed by atoms with E-state index in [1.54, 1.807) is 12.3 Å². The van der Waals surface area contributed by atoms with Gasteiger partial charge < -0.3 is 16.4 Å². The highest BCUT2D eigenvalue weighted by atomic mass is 16.1. The molecule has 0 aromatic carbocycles. The first-order valence-corrected chi connectivity index (χ1v) is 6.49. The average Bonchev–Trinajstić information content (AvgIpc) is 2.69. The Morgan fingerprint density at radius 3 is 2.78 bits per heavy atom. The van der Waals surface area contributed by atoms with Crippen molar-refractivity contribution >= 4 is 11.6 Å². The van der Waals surface area contributed by atoms with Gasteiger partial charge in [0.2, 0.25) is 0 Å². The van der Waals surface area contributed by atoms with Crippen LogP contribution in [0.15, 0.2) is 18.3 Å². The van der Waals surface area contributed by atoms with Crippen LogP contribution in [0, 0.1) is 0 Å². The van der Waals surface area contributed by atoms with E-state index in [1.165, 1.54) is 12.8 Å². The second-order valence-electron chi connectivity index (χ2n) is 5.24. The molecule has 0 aliphatic carbocycles.